The van der Waals surface area contributed by atoms with Gasteiger partial charge in [0.05, 0.1) is 18.0 Å². The van der Waals surface area contributed by atoms with Gasteiger partial charge in [-0.05, 0) is 13.8 Å². The summed E-state index contributed by atoms with van der Waals surface area (Å²) in [5.74, 6) is -0.942. The highest BCUT2D eigenvalue weighted by Crippen LogP contribution is 2.06. The van der Waals surface area contributed by atoms with Crippen LogP contribution in [0.4, 0.5) is 5.69 Å². The largest absolute Gasteiger partial charge is 0.322 e. The monoisotopic (exact) mass is 192 g/mol. The minimum absolute atomic E-state index is 0.303. The van der Waals surface area contributed by atoms with Gasteiger partial charge in [0.2, 0.25) is 5.91 Å². The fraction of sp³-hybridized carbons (Fsp3) is 0.444. The van der Waals surface area contributed by atoms with Crippen LogP contribution in [0.5, 0.6) is 0 Å². The number of rotatable bonds is 3. The summed E-state index contributed by atoms with van der Waals surface area (Å²) in [7, 11) is 0. The fourth-order valence-electron chi connectivity index (χ4n) is 0.910. The molecule has 74 valence electrons. The van der Waals surface area contributed by atoms with Crippen molar-refractivity contribution in [2.75, 3.05) is 5.32 Å². The molecule has 1 unspecified atom stereocenters. The van der Waals surface area contributed by atoms with Gasteiger partial charge in [-0.1, -0.05) is 0 Å². The highest BCUT2D eigenvalue weighted by Gasteiger charge is 2.11. The molecule has 5 heteroatoms. The van der Waals surface area contributed by atoms with Gasteiger partial charge in [-0.2, -0.15) is 10.4 Å². The number of carbonyl (C=O) groups is 1. The molecule has 0 fully saturated rings. The maximum atomic E-state index is 11.3. The van der Waals surface area contributed by atoms with Crippen molar-refractivity contribution in [3.63, 3.8) is 0 Å². The molecule has 1 N–H and O–H groups in total. The molecular weight excluding hydrogens is 180 g/mol. The number of hydrogen-bond donors (Lipinski definition) is 1. The first kappa shape index (κ1) is 10.3. The molecule has 0 spiro atoms. The lowest BCUT2D eigenvalue weighted by atomic mass is 10.2. The number of aromatic nitrogens is 2. The van der Waals surface area contributed by atoms with Crippen molar-refractivity contribution in [1.29, 1.82) is 5.26 Å². The maximum Gasteiger partial charge on any atom is 0.241 e. The number of aryl methyl sites for hydroxylation is 1. The minimum atomic E-state index is -0.639. The Hall–Kier alpha value is -1.83. The lowest BCUT2D eigenvalue weighted by molar-refractivity contribution is -0.117. The van der Waals surface area contributed by atoms with Crippen LogP contribution in [0.25, 0.3) is 0 Å². The van der Waals surface area contributed by atoms with E-state index in [0.717, 1.165) is 6.54 Å². The van der Waals surface area contributed by atoms with Crippen molar-refractivity contribution >= 4 is 11.6 Å². The summed E-state index contributed by atoms with van der Waals surface area (Å²) in [6, 6.07) is 1.87. The zero-order valence-electron chi connectivity index (χ0n) is 8.19. The second kappa shape index (κ2) is 4.42. The van der Waals surface area contributed by atoms with Crippen molar-refractivity contribution in [1.82, 2.24) is 9.78 Å². The zero-order valence-corrected chi connectivity index (χ0v) is 8.19. The summed E-state index contributed by atoms with van der Waals surface area (Å²) in [6.07, 6.45) is 3.29. The van der Waals surface area contributed by atoms with Gasteiger partial charge < -0.3 is 5.32 Å². The molecule has 5 nitrogen and oxygen atoms in total. The molecule has 0 aliphatic heterocycles. The summed E-state index contributed by atoms with van der Waals surface area (Å²) < 4.78 is 1.70. The van der Waals surface area contributed by atoms with Crippen molar-refractivity contribution in [3.8, 4) is 6.07 Å². The summed E-state index contributed by atoms with van der Waals surface area (Å²) in [4.78, 5) is 11.3. The van der Waals surface area contributed by atoms with Crippen molar-refractivity contribution in [2.24, 2.45) is 5.92 Å². The molecule has 14 heavy (non-hydrogen) atoms. The Morgan fingerprint density at radius 3 is 3.07 bits per heavy atom. The molecule has 0 bridgehead atoms. The first-order valence-corrected chi connectivity index (χ1v) is 4.40. The Kier molecular flexibility index (Phi) is 3.24. The van der Waals surface area contributed by atoms with E-state index in [1.807, 2.05) is 13.0 Å². The molecular formula is C9H12N4O. The predicted molar refractivity (Wildman–Crippen MR) is 51.3 cm³/mol. The van der Waals surface area contributed by atoms with E-state index >= 15 is 0 Å². The van der Waals surface area contributed by atoms with Crippen LogP contribution in [0, 0.1) is 17.2 Å². The number of nitriles is 1. The Balaban J connectivity index is 2.61. The highest BCUT2D eigenvalue weighted by atomic mass is 16.1. The molecule has 1 aromatic rings. The van der Waals surface area contributed by atoms with Crippen molar-refractivity contribution < 1.29 is 4.79 Å². The minimum Gasteiger partial charge on any atom is -0.322 e. The average molecular weight is 192 g/mol. The zero-order chi connectivity index (χ0) is 10.6. The highest BCUT2D eigenvalue weighted by molar-refractivity contribution is 5.93. The quantitative estimate of drug-likeness (QED) is 0.776. The molecule has 0 aliphatic carbocycles. The van der Waals surface area contributed by atoms with Crippen LogP contribution in [-0.2, 0) is 11.3 Å². The van der Waals surface area contributed by atoms with Gasteiger partial charge in [0, 0.05) is 12.7 Å². The lowest BCUT2D eigenvalue weighted by Gasteiger charge is -2.02. The van der Waals surface area contributed by atoms with Gasteiger partial charge in [0.15, 0.2) is 0 Å². The topological polar surface area (TPSA) is 70.7 Å². The van der Waals surface area contributed by atoms with E-state index in [1.165, 1.54) is 0 Å². The molecule has 0 aromatic carbocycles. The van der Waals surface area contributed by atoms with Gasteiger partial charge in [0.25, 0.3) is 0 Å². The Labute approximate surface area is 82.3 Å². The molecule has 1 heterocycles. The first-order valence-electron chi connectivity index (χ1n) is 4.40. The van der Waals surface area contributed by atoms with E-state index in [-0.39, 0.29) is 5.91 Å². The van der Waals surface area contributed by atoms with Crippen LogP contribution in [0.2, 0.25) is 0 Å². The Bertz CT molecular complexity index is 363. The molecule has 0 aliphatic rings. The summed E-state index contributed by atoms with van der Waals surface area (Å²) in [5.41, 5.74) is 0.624. The third-order valence-electron chi connectivity index (χ3n) is 1.81. The van der Waals surface area contributed by atoms with E-state index in [9.17, 15) is 4.79 Å². The number of amides is 1. The second-order valence-corrected chi connectivity index (χ2v) is 2.92. The fourth-order valence-corrected chi connectivity index (χ4v) is 0.910. The Morgan fingerprint density at radius 1 is 1.86 bits per heavy atom. The molecule has 1 rings (SSSR count). The third kappa shape index (κ3) is 2.33. The SMILES string of the molecule is CCn1cc(NC(=O)C(C)C#N)cn1. The molecule has 0 saturated carbocycles. The molecule has 1 aromatic heterocycles. The molecule has 1 amide bonds. The molecule has 1 atom stereocenters. The normalized spacial score (nSPS) is 11.8. The predicted octanol–water partition coefficient (Wildman–Crippen LogP) is 1.00. The van der Waals surface area contributed by atoms with E-state index in [2.05, 4.69) is 10.4 Å². The number of nitrogens with zero attached hydrogens (tertiary/aromatic N) is 3. The smallest absolute Gasteiger partial charge is 0.241 e. The number of carbonyl (C=O) groups excluding carboxylic acids is 1. The van der Waals surface area contributed by atoms with Crippen LogP contribution >= 0.6 is 0 Å². The van der Waals surface area contributed by atoms with E-state index in [1.54, 1.807) is 24.0 Å². The number of nitrogens with one attached hydrogen (secondary N) is 1. The van der Waals surface area contributed by atoms with E-state index in [0.29, 0.717) is 5.69 Å². The molecule has 0 saturated heterocycles. The van der Waals surface area contributed by atoms with E-state index in [4.69, 9.17) is 5.26 Å². The van der Waals surface area contributed by atoms with Crippen LogP contribution in [0.1, 0.15) is 13.8 Å². The lowest BCUT2D eigenvalue weighted by Crippen LogP contribution is -2.18. The number of hydrogen-bond acceptors (Lipinski definition) is 3. The third-order valence-corrected chi connectivity index (χ3v) is 1.81. The molecule has 0 radical (unpaired) electrons. The number of anilines is 1. The Morgan fingerprint density at radius 2 is 2.57 bits per heavy atom. The summed E-state index contributed by atoms with van der Waals surface area (Å²) in [6.45, 7) is 4.26. The van der Waals surface area contributed by atoms with Crippen LogP contribution in [0.3, 0.4) is 0 Å². The van der Waals surface area contributed by atoms with Gasteiger partial charge >= 0.3 is 0 Å². The van der Waals surface area contributed by atoms with Crippen LogP contribution in [-0.4, -0.2) is 15.7 Å². The van der Waals surface area contributed by atoms with Crippen molar-refractivity contribution in [2.45, 2.75) is 20.4 Å². The average Bonchev–Trinajstić information content (AvgIpc) is 2.64. The first-order chi connectivity index (χ1) is 6.67. The maximum absolute atomic E-state index is 11.3. The van der Waals surface area contributed by atoms with Crippen LogP contribution < -0.4 is 5.32 Å². The summed E-state index contributed by atoms with van der Waals surface area (Å²) >= 11 is 0. The van der Waals surface area contributed by atoms with Crippen LogP contribution in [0.15, 0.2) is 12.4 Å². The van der Waals surface area contributed by atoms with Gasteiger partial charge in [0.1, 0.15) is 5.92 Å². The second-order valence-electron chi connectivity index (χ2n) is 2.92. The van der Waals surface area contributed by atoms with Gasteiger partial charge in [-0.3, -0.25) is 9.48 Å². The summed E-state index contributed by atoms with van der Waals surface area (Å²) in [5, 5.41) is 15.1. The van der Waals surface area contributed by atoms with Gasteiger partial charge in [-0.25, -0.2) is 0 Å². The van der Waals surface area contributed by atoms with Gasteiger partial charge in [-0.15, -0.1) is 0 Å². The standard InChI is InChI=1S/C9H12N4O/c1-3-13-6-8(5-11-13)12-9(14)7(2)4-10/h5-7H,3H2,1-2H3,(H,12,14). The van der Waals surface area contributed by atoms with Crippen molar-refractivity contribution in [3.05, 3.63) is 12.4 Å². The van der Waals surface area contributed by atoms with E-state index < -0.39 is 5.92 Å².